The Morgan fingerprint density at radius 2 is 2.29 bits per heavy atom. The van der Waals surface area contributed by atoms with Crippen LogP contribution in [0.5, 0.6) is 0 Å². The minimum Gasteiger partial charge on any atom is -0.330 e. The lowest BCUT2D eigenvalue weighted by atomic mass is 9.96. The smallest absolute Gasteiger partial charge is 0.0812 e. The van der Waals surface area contributed by atoms with Gasteiger partial charge in [0.15, 0.2) is 0 Å². The number of benzene rings is 1. The van der Waals surface area contributed by atoms with Gasteiger partial charge in [-0.2, -0.15) is 0 Å². The average molecular weight is 204 g/mol. The SMILES string of the molecule is NCC1(c2ccc3ncsc3c2)CC1. The fourth-order valence-corrected chi connectivity index (χ4v) is 2.66. The zero-order valence-corrected chi connectivity index (χ0v) is 8.68. The first-order chi connectivity index (χ1) is 6.84. The molecule has 0 unspecified atom stereocenters. The molecule has 3 heteroatoms. The molecule has 0 amide bonds. The molecule has 0 saturated heterocycles. The van der Waals surface area contributed by atoms with Gasteiger partial charge in [-0.05, 0) is 30.5 Å². The number of fused-ring (bicyclic) bond motifs is 1. The molecule has 72 valence electrons. The third kappa shape index (κ3) is 1.09. The molecule has 0 bridgehead atoms. The topological polar surface area (TPSA) is 38.9 Å². The first-order valence-corrected chi connectivity index (χ1v) is 5.76. The van der Waals surface area contributed by atoms with Gasteiger partial charge in [-0.3, -0.25) is 0 Å². The lowest BCUT2D eigenvalue weighted by Crippen LogP contribution is -2.19. The van der Waals surface area contributed by atoms with Crippen molar-refractivity contribution in [3.8, 4) is 0 Å². The molecule has 1 aliphatic carbocycles. The molecular formula is C11H12N2S. The third-order valence-electron chi connectivity index (χ3n) is 3.19. The van der Waals surface area contributed by atoms with Crippen LogP contribution in [-0.2, 0) is 5.41 Å². The van der Waals surface area contributed by atoms with E-state index in [-0.39, 0.29) is 0 Å². The van der Waals surface area contributed by atoms with E-state index < -0.39 is 0 Å². The summed E-state index contributed by atoms with van der Waals surface area (Å²) >= 11 is 1.70. The predicted octanol–water partition coefficient (Wildman–Crippen LogP) is 2.29. The summed E-state index contributed by atoms with van der Waals surface area (Å²) in [6.45, 7) is 0.775. The van der Waals surface area contributed by atoms with Gasteiger partial charge >= 0.3 is 0 Å². The van der Waals surface area contributed by atoms with E-state index in [4.69, 9.17) is 5.73 Å². The number of nitrogens with zero attached hydrogens (tertiary/aromatic N) is 1. The summed E-state index contributed by atoms with van der Waals surface area (Å²) in [5.41, 5.74) is 10.5. The van der Waals surface area contributed by atoms with Gasteiger partial charge in [-0.15, -0.1) is 11.3 Å². The van der Waals surface area contributed by atoms with Crippen LogP contribution in [0.2, 0.25) is 0 Å². The molecule has 2 N–H and O–H groups in total. The van der Waals surface area contributed by atoms with Crippen molar-refractivity contribution in [3.05, 3.63) is 29.3 Å². The molecule has 2 aromatic rings. The van der Waals surface area contributed by atoms with Crippen molar-refractivity contribution in [1.29, 1.82) is 0 Å². The van der Waals surface area contributed by atoms with Gasteiger partial charge in [-0.25, -0.2) is 4.98 Å². The fraction of sp³-hybridized carbons (Fsp3) is 0.364. The minimum absolute atomic E-state index is 0.304. The molecule has 1 saturated carbocycles. The molecule has 1 fully saturated rings. The molecule has 0 atom stereocenters. The maximum Gasteiger partial charge on any atom is 0.0812 e. The van der Waals surface area contributed by atoms with Crippen molar-refractivity contribution >= 4 is 21.6 Å². The van der Waals surface area contributed by atoms with Crippen molar-refractivity contribution in [3.63, 3.8) is 0 Å². The van der Waals surface area contributed by atoms with E-state index in [1.807, 2.05) is 5.51 Å². The number of thiazole rings is 1. The summed E-state index contributed by atoms with van der Waals surface area (Å²) in [5, 5.41) is 0. The molecular weight excluding hydrogens is 192 g/mol. The van der Waals surface area contributed by atoms with Gasteiger partial charge in [0.2, 0.25) is 0 Å². The van der Waals surface area contributed by atoms with Crippen molar-refractivity contribution in [2.75, 3.05) is 6.54 Å². The van der Waals surface area contributed by atoms with E-state index in [2.05, 4.69) is 23.2 Å². The molecule has 1 heterocycles. The van der Waals surface area contributed by atoms with Crippen LogP contribution in [0, 0.1) is 0 Å². The van der Waals surface area contributed by atoms with Gasteiger partial charge in [0.25, 0.3) is 0 Å². The highest BCUT2D eigenvalue weighted by Crippen LogP contribution is 2.47. The molecule has 1 aromatic heterocycles. The van der Waals surface area contributed by atoms with Gasteiger partial charge < -0.3 is 5.73 Å². The van der Waals surface area contributed by atoms with Gasteiger partial charge in [0.05, 0.1) is 15.7 Å². The van der Waals surface area contributed by atoms with Crippen LogP contribution in [0.25, 0.3) is 10.2 Å². The summed E-state index contributed by atoms with van der Waals surface area (Å²) in [7, 11) is 0. The van der Waals surface area contributed by atoms with E-state index >= 15 is 0 Å². The first kappa shape index (κ1) is 8.38. The van der Waals surface area contributed by atoms with E-state index in [9.17, 15) is 0 Å². The van der Waals surface area contributed by atoms with Crippen molar-refractivity contribution in [2.45, 2.75) is 18.3 Å². The second-order valence-electron chi connectivity index (χ2n) is 4.02. The van der Waals surface area contributed by atoms with Crippen molar-refractivity contribution < 1.29 is 0 Å². The van der Waals surface area contributed by atoms with Crippen LogP contribution in [0.1, 0.15) is 18.4 Å². The van der Waals surface area contributed by atoms with E-state index in [1.54, 1.807) is 11.3 Å². The second-order valence-corrected chi connectivity index (χ2v) is 4.91. The normalized spacial score (nSPS) is 18.6. The molecule has 0 spiro atoms. The second kappa shape index (κ2) is 2.78. The fourth-order valence-electron chi connectivity index (χ4n) is 1.95. The molecule has 2 nitrogen and oxygen atoms in total. The van der Waals surface area contributed by atoms with E-state index in [0.29, 0.717) is 5.41 Å². The van der Waals surface area contributed by atoms with Crippen LogP contribution in [0.4, 0.5) is 0 Å². The molecule has 3 rings (SSSR count). The molecule has 1 aromatic carbocycles. The Morgan fingerprint density at radius 3 is 3.00 bits per heavy atom. The summed E-state index contributed by atoms with van der Waals surface area (Å²) in [6, 6.07) is 6.55. The van der Waals surface area contributed by atoms with Crippen LogP contribution in [0.15, 0.2) is 23.7 Å². The molecule has 0 aliphatic heterocycles. The Labute approximate surface area is 86.8 Å². The van der Waals surface area contributed by atoms with Crippen LogP contribution < -0.4 is 5.73 Å². The zero-order valence-electron chi connectivity index (χ0n) is 7.86. The number of aromatic nitrogens is 1. The Balaban J connectivity index is 2.13. The monoisotopic (exact) mass is 204 g/mol. The van der Waals surface area contributed by atoms with Crippen LogP contribution in [-0.4, -0.2) is 11.5 Å². The Bertz CT molecular complexity index is 471. The average Bonchev–Trinajstić information content (AvgIpc) is 2.89. The minimum atomic E-state index is 0.304. The maximum atomic E-state index is 5.81. The quantitative estimate of drug-likeness (QED) is 0.815. The lowest BCUT2D eigenvalue weighted by molar-refractivity contribution is 0.706. The van der Waals surface area contributed by atoms with Crippen molar-refractivity contribution in [2.24, 2.45) is 5.73 Å². The number of nitrogens with two attached hydrogens (primary N) is 1. The van der Waals surface area contributed by atoms with E-state index in [1.165, 1.54) is 23.1 Å². The lowest BCUT2D eigenvalue weighted by Gasteiger charge is -2.11. The summed E-state index contributed by atoms with van der Waals surface area (Å²) in [4.78, 5) is 4.28. The molecule has 0 radical (unpaired) electrons. The standard InChI is InChI=1S/C11H12N2S/c12-6-11(3-4-11)8-1-2-9-10(5-8)14-7-13-9/h1-2,5,7H,3-4,6,12H2. The predicted molar refractivity (Wildman–Crippen MR) is 59.6 cm³/mol. The van der Waals surface area contributed by atoms with Crippen LogP contribution >= 0.6 is 11.3 Å². The van der Waals surface area contributed by atoms with Crippen LogP contribution in [0.3, 0.4) is 0 Å². The largest absolute Gasteiger partial charge is 0.330 e. The number of hydrogen-bond acceptors (Lipinski definition) is 3. The first-order valence-electron chi connectivity index (χ1n) is 4.88. The van der Waals surface area contributed by atoms with Gasteiger partial charge in [0.1, 0.15) is 0 Å². The highest BCUT2D eigenvalue weighted by Gasteiger charge is 2.42. The highest BCUT2D eigenvalue weighted by atomic mass is 32.1. The van der Waals surface area contributed by atoms with Gasteiger partial charge in [-0.1, -0.05) is 6.07 Å². The Kier molecular flexibility index (Phi) is 1.66. The summed E-state index contributed by atoms with van der Waals surface area (Å²) in [6.07, 6.45) is 2.49. The maximum absolute atomic E-state index is 5.81. The highest BCUT2D eigenvalue weighted by molar-refractivity contribution is 7.16. The summed E-state index contributed by atoms with van der Waals surface area (Å²) in [5.74, 6) is 0. The van der Waals surface area contributed by atoms with Crippen molar-refractivity contribution in [1.82, 2.24) is 4.98 Å². The molecule has 14 heavy (non-hydrogen) atoms. The molecule has 1 aliphatic rings. The Morgan fingerprint density at radius 1 is 1.43 bits per heavy atom. The van der Waals surface area contributed by atoms with E-state index in [0.717, 1.165) is 12.1 Å². The number of hydrogen-bond donors (Lipinski definition) is 1. The van der Waals surface area contributed by atoms with Gasteiger partial charge in [0, 0.05) is 12.0 Å². The summed E-state index contributed by atoms with van der Waals surface area (Å²) < 4.78 is 1.28. The Hall–Kier alpha value is -0.930. The number of rotatable bonds is 2. The zero-order chi connectivity index (χ0) is 9.60. The third-order valence-corrected chi connectivity index (χ3v) is 3.98.